The fraction of sp³-hybridized carbons (Fsp3) is 0.643. The number of H-pyrrole nitrogens is 1. The van der Waals surface area contributed by atoms with Crippen LogP contribution in [0.3, 0.4) is 0 Å². The molecule has 0 aliphatic carbocycles. The van der Waals surface area contributed by atoms with Crippen LogP contribution in [0.2, 0.25) is 0 Å². The molecule has 0 bridgehead atoms. The molecular formula is C14H22N2O3. The molecule has 106 valence electrons. The van der Waals surface area contributed by atoms with Crippen molar-refractivity contribution in [2.24, 2.45) is 0 Å². The van der Waals surface area contributed by atoms with Crippen LogP contribution in [0.15, 0.2) is 12.4 Å². The summed E-state index contributed by atoms with van der Waals surface area (Å²) in [6.45, 7) is 3.95. The summed E-state index contributed by atoms with van der Waals surface area (Å²) in [7, 11) is 0. The van der Waals surface area contributed by atoms with Crippen molar-refractivity contribution >= 4 is 5.91 Å². The van der Waals surface area contributed by atoms with E-state index in [1.54, 1.807) is 6.20 Å². The summed E-state index contributed by atoms with van der Waals surface area (Å²) in [5.41, 5.74) is 1.67. The average Bonchev–Trinajstić information content (AvgIpc) is 2.86. The topological polar surface area (TPSA) is 63.4 Å². The van der Waals surface area contributed by atoms with Gasteiger partial charge in [-0.1, -0.05) is 0 Å². The summed E-state index contributed by atoms with van der Waals surface area (Å²) in [5, 5.41) is 2.88. The number of aryl methyl sites for hydroxylation is 1. The summed E-state index contributed by atoms with van der Waals surface area (Å²) in [5.74, 6) is -0.0346. The molecule has 2 N–H and O–H groups in total. The van der Waals surface area contributed by atoms with Crippen LogP contribution < -0.4 is 5.32 Å². The number of rotatable bonds is 6. The fourth-order valence-corrected chi connectivity index (χ4v) is 2.11. The smallest absolute Gasteiger partial charge is 0.253 e. The van der Waals surface area contributed by atoms with Crippen LogP contribution in [-0.4, -0.2) is 36.9 Å². The van der Waals surface area contributed by atoms with Crippen LogP contribution in [-0.2, 0) is 9.47 Å². The second-order valence-electron chi connectivity index (χ2n) is 4.83. The predicted octanol–water partition coefficient (Wildman–Crippen LogP) is 1.99. The lowest BCUT2D eigenvalue weighted by molar-refractivity contribution is -0.162. The van der Waals surface area contributed by atoms with Crippen LogP contribution in [0.25, 0.3) is 0 Å². The van der Waals surface area contributed by atoms with E-state index in [0.29, 0.717) is 18.7 Å². The van der Waals surface area contributed by atoms with Crippen LogP contribution in [0, 0.1) is 6.92 Å². The van der Waals surface area contributed by atoms with Gasteiger partial charge in [-0.05, 0) is 38.2 Å². The summed E-state index contributed by atoms with van der Waals surface area (Å²) in [4.78, 5) is 14.7. The summed E-state index contributed by atoms with van der Waals surface area (Å²) in [6.07, 6.45) is 7.58. The van der Waals surface area contributed by atoms with E-state index in [4.69, 9.17) is 9.47 Å². The number of nitrogens with one attached hydrogen (secondary N) is 2. The van der Waals surface area contributed by atoms with Gasteiger partial charge in [0.25, 0.3) is 5.91 Å². The fourth-order valence-electron chi connectivity index (χ4n) is 2.11. The van der Waals surface area contributed by atoms with E-state index in [9.17, 15) is 4.79 Å². The van der Waals surface area contributed by atoms with Gasteiger partial charge < -0.3 is 19.8 Å². The predicted molar refractivity (Wildman–Crippen MR) is 72.0 cm³/mol. The molecule has 1 aliphatic rings. The monoisotopic (exact) mass is 266 g/mol. The zero-order valence-electron chi connectivity index (χ0n) is 11.4. The van der Waals surface area contributed by atoms with Crippen LogP contribution >= 0.6 is 0 Å². The van der Waals surface area contributed by atoms with Crippen molar-refractivity contribution in [2.75, 3.05) is 19.8 Å². The van der Waals surface area contributed by atoms with Gasteiger partial charge in [0.05, 0.1) is 12.2 Å². The number of carbonyl (C=O) groups is 1. The van der Waals surface area contributed by atoms with E-state index in [0.717, 1.165) is 31.4 Å². The molecule has 0 saturated carbocycles. The second-order valence-corrected chi connectivity index (χ2v) is 4.83. The van der Waals surface area contributed by atoms with Gasteiger partial charge >= 0.3 is 0 Å². The Labute approximate surface area is 113 Å². The van der Waals surface area contributed by atoms with E-state index in [2.05, 4.69) is 10.3 Å². The molecular weight excluding hydrogens is 244 g/mol. The third-order valence-electron chi connectivity index (χ3n) is 3.25. The molecule has 2 heterocycles. The molecule has 0 spiro atoms. The van der Waals surface area contributed by atoms with Crippen molar-refractivity contribution in [3.63, 3.8) is 0 Å². The Balaban J connectivity index is 1.56. The summed E-state index contributed by atoms with van der Waals surface area (Å²) in [6, 6.07) is 0. The lowest BCUT2D eigenvalue weighted by atomic mass is 10.2. The lowest BCUT2D eigenvalue weighted by Gasteiger charge is -2.22. The summed E-state index contributed by atoms with van der Waals surface area (Å²) < 4.78 is 11.1. The van der Waals surface area contributed by atoms with Crippen molar-refractivity contribution in [3.8, 4) is 0 Å². The molecule has 0 radical (unpaired) electrons. The first-order chi connectivity index (χ1) is 9.27. The van der Waals surface area contributed by atoms with Crippen molar-refractivity contribution < 1.29 is 14.3 Å². The highest BCUT2D eigenvalue weighted by atomic mass is 16.7. The molecule has 5 heteroatoms. The molecule has 0 unspecified atom stereocenters. The molecule has 1 saturated heterocycles. The lowest BCUT2D eigenvalue weighted by Crippen LogP contribution is -2.27. The molecule has 0 aromatic carbocycles. The minimum atomic E-state index is -0.0450. The third-order valence-corrected chi connectivity index (χ3v) is 3.25. The molecule has 1 amide bonds. The molecule has 1 aromatic rings. The van der Waals surface area contributed by atoms with Crippen LogP contribution in [0.1, 0.15) is 41.6 Å². The van der Waals surface area contributed by atoms with E-state index >= 15 is 0 Å². The average molecular weight is 266 g/mol. The maximum atomic E-state index is 11.8. The van der Waals surface area contributed by atoms with Crippen molar-refractivity contribution in [1.29, 1.82) is 0 Å². The van der Waals surface area contributed by atoms with E-state index in [1.165, 1.54) is 6.42 Å². The zero-order valence-corrected chi connectivity index (χ0v) is 11.4. The molecule has 1 aromatic heterocycles. The van der Waals surface area contributed by atoms with Crippen LogP contribution in [0.5, 0.6) is 0 Å². The highest BCUT2D eigenvalue weighted by Crippen LogP contribution is 2.13. The Hall–Kier alpha value is -1.33. The number of ether oxygens (including phenoxy) is 2. The van der Waals surface area contributed by atoms with Crippen molar-refractivity contribution in [1.82, 2.24) is 10.3 Å². The Kier molecular flexibility index (Phi) is 5.42. The van der Waals surface area contributed by atoms with Crippen LogP contribution in [0.4, 0.5) is 0 Å². The van der Waals surface area contributed by atoms with Gasteiger partial charge in [0.1, 0.15) is 0 Å². The number of aromatic amines is 1. The van der Waals surface area contributed by atoms with Gasteiger partial charge in [-0.15, -0.1) is 0 Å². The second kappa shape index (κ2) is 7.31. The Morgan fingerprint density at radius 1 is 1.53 bits per heavy atom. The first-order valence-corrected chi connectivity index (χ1v) is 6.92. The molecule has 1 atom stereocenters. The van der Waals surface area contributed by atoms with Gasteiger partial charge in [0, 0.05) is 25.5 Å². The maximum absolute atomic E-state index is 11.8. The minimum absolute atomic E-state index is 0.0346. The third kappa shape index (κ3) is 4.36. The van der Waals surface area contributed by atoms with Crippen molar-refractivity contribution in [2.45, 2.75) is 38.9 Å². The first-order valence-electron chi connectivity index (χ1n) is 6.92. The quantitative estimate of drug-likeness (QED) is 0.774. The summed E-state index contributed by atoms with van der Waals surface area (Å²) >= 11 is 0. The van der Waals surface area contributed by atoms with Gasteiger partial charge in [-0.25, -0.2) is 0 Å². The molecule has 19 heavy (non-hydrogen) atoms. The largest absolute Gasteiger partial charge is 0.367 e. The number of hydrogen-bond donors (Lipinski definition) is 2. The maximum Gasteiger partial charge on any atom is 0.253 e. The van der Waals surface area contributed by atoms with Gasteiger partial charge in [0.15, 0.2) is 6.29 Å². The normalized spacial score (nSPS) is 19.3. The number of carbonyl (C=O) groups excluding carboxylic acids is 1. The van der Waals surface area contributed by atoms with Gasteiger partial charge in [0.2, 0.25) is 0 Å². The number of amides is 1. The van der Waals surface area contributed by atoms with Gasteiger partial charge in [-0.2, -0.15) is 0 Å². The highest BCUT2D eigenvalue weighted by Gasteiger charge is 2.13. The standard InChI is InChI=1S/C14H22N2O3/c1-11-9-15-10-12(11)14(17)16-6-4-8-19-13-5-2-3-7-18-13/h9-10,13,15H,2-8H2,1H3,(H,16,17)/t13-/m0/s1. The van der Waals surface area contributed by atoms with E-state index in [-0.39, 0.29) is 12.2 Å². The first kappa shape index (κ1) is 14.1. The van der Waals surface area contributed by atoms with E-state index in [1.807, 2.05) is 13.1 Å². The van der Waals surface area contributed by atoms with E-state index < -0.39 is 0 Å². The van der Waals surface area contributed by atoms with Crippen molar-refractivity contribution in [3.05, 3.63) is 23.5 Å². The molecule has 1 fully saturated rings. The number of aromatic nitrogens is 1. The number of hydrogen-bond acceptors (Lipinski definition) is 3. The minimum Gasteiger partial charge on any atom is -0.367 e. The Bertz CT molecular complexity index is 397. The highest BCUT2D eigenvalue weighted by molar-refractivity contribution is 5.95. The Morgan fingerprint density at radius 2 is 2.42 bits per heavy atom. The molecule has 1 aliphatic heterocycles. The SMILES string of the molecule is Cc1c[nH]cc1C(=O)NCCCO[C@H]1CCCCO1. The van der Waals surface area contributed by atoms with Gasteiger partial charge in [-0.3, -0.25) is 4.79 Å². The molecule has 5 nitrogen and oxygen atoms in total. The zero-order chi connectivity index (χ0) is 13.5. The molecule has 2 rings (SSSR count). The Morgan fingerprint density at radius 3 is 3.11 bits per heavy atom.